The number of piperidine rings is 1. The van der Waals surface area contributed by atoms with Gasteiger partial charge in [-0.05, 0) is 38.8 Å². The Bertz CT molecular complexity index is 663. The lowest BCUT2D eigenvalue weighted by molar-refractivity contribution is 0.0322. The topological polar surface area (TPSA) is 61.4 Å². The lowest BCUT2D eigenvalue weighted by Gasteiger charge is -2.33. The summed E-state index contributed by atoms with van der Waals surface area (Å²) in [5.41, 5.74) is 1.15. The van der Waals surface area contributed by atoms with Crippen molar-refractivity contribution in [3.05, 3.63) is 29.8 Å². The molecule has 1 atom stereocenters. The molecule has 3 rings (SSSR count). The third-order valence-electron chi connectivity index (χ3n) is 6.27. The molecule has 1 unspecified atom stereocenters. The molecule has 2 heterocycles. The zero-order valence-corrected chi connectivity index (χ0v) is 19.4. The molecule has 7 heteroatoms. The molecule has 2 N–H and O–H groups in total. The molecule has 2 saturated heterocycles. The lowest BCUT2D eigenvalue weighted by Crippen LogP contribution is -2.41. The number of ether oxygens (including phenoxy) is 2. The van der Waals surface area contributed by atoms with Gasteiger partial charge in [0.05, 0.1) is 13.2 Å². The SMILES string of the molecule is CN=C(NCCCN1CCCCC1C)NCc1ccccc1OCCN1CCOCC1. The van der Waals surface area contributed by atoms with Crippen LogP contribution in [0.1, 0.15) is 38.2 Å². The minimum absolute atomic E-state index is 0.691. The van der Waals surface area contributed by atoms with Gasteiger partial charge in [0.25, 0.3) is 0 Å². The van der Waals surface area contributed by atoms with E-state index >= 15 is 0 Å². The number of nitrogens with zero attached hydrogens (tertiary/aromatic N) is 3. The maximum Gasteiger partial charge on any atom is 0.191 e. The summed E-state index contributed by atoms with van der Waals surface area (Å²) < 4.78 is 11.5. The van der Waals surface area contributed by atoms with Crippen LogP contribution in [0, 0.1) is 0 Å². The second-order valence-corrected chi connectivity index (χ2v) is 8.50. The van der Waals surface area contributed by atoms with Crippen LogP contribution in [0.4, 0.5) is 0 Å². The van der Waals surface area contributed by atoms with Crippen LogP contribution in [-0.4, -0.2) is 87.9 Å². The molecule has 2 aliphatic heterocycles. The fraction of sp³-hybridized carbons (Fsp3) is 0.708. The van der Waals surface area contributed by atoms with Gasteiger partial charge in [0, 0.05) is 57.9 Å². The van der Waals surface area contributed by atoms with Gasteiger partial charge >= 0.3 is 0 Å². The third-order valence-corrected chi connectivity index (χ3v) is 6.27. The molecule has 0 aliphatic carbocycles. The smallest absolute Gasteiger partial charge is 0.191 e. The van der Waals surface area contributed by atoms with E-state index in [1.165, 1.54) is 25.8 Å². The van der Waals surface area contributed by atoms with E-state index in [0.717, 1.165) is 75.7 Å². The first-order valence-corrected chi connectivity index (χ1v) is 12.0. The van der Waals surface area contributed by atoms with Gasteiger partial charge in [-0.15, -0.1) is 0 Å². The molecule has 0 radical (unpaired) electrons. The molecule has 1 aromatic rings. The molecule has 0 saturated carbocycles. The summed E-state index contributed by atoms with van der Waals surface area (Å²) in [6.07, 6.45) is 5.19. The van der Waals surface area contributed by atoms with Crippen molar-refractivity contribution in [2.24, 2.45) is 4.99 Å². The first-order chi connectivity index (χ1) is 15.3. The van der Waals surface area contributed by atoms with Gasteiger partial charge in [-0.3, -0.25) is 9.89 Å². The molecule has 0 bridgehead atoms. The molecular formula is C24H41N5O2. The number of nitrogens with one attached hydrogen (secondary N) is 2. The summed E-state index contributed by atoms with van der Waals surface area (Å²) in [5, 5.41) is 6.88. The summed E-state index contributed by atoms with van der Waals surface area (Å²) >= 11 is 0. The summed E-state index contributed by atoms with van der Waals surface area (Å²) in [6.45, 7) is 11.6. The van der Waals surface area contributed by atoms with Gasteiger partial charge in [-0.2, -0.15) is 0 Å². The standard InChI is InChI=1S/C24H41N5O2/c1-21-8-5-6-12-29(21)13-7-11-26-24(25-2)27-20-22-9-3-4-10-23(22)31-19-16-28-14-17-30-18-15-28/h3-4,9-10,21H,5-8,11-20H2,1-2H3,(H2,25,26,27). The normalized spacial score (nSPS) is 21.1. The van der Waals surface area contributed by atoms with Gasteiger partial charge < -0.3 is 25.0 Å². The fourth-order valence-electron chi connectivity index (χ4n) is 4.28. The van der Waals surface area contributed by atoms with Crippen LogP contribution in [-0.2, 0) is 11.3 Å². The average molecular weight is 432 g/mol. The van der Waals surface area contributed by atoms with E-state index in [-0.39, 0.29) is 0 Å². The number of hydrogen-bond acceptors (Lipinski definition) is 5. The van der Waals surface area contributed by atoms with Crippen molar-refractivity contribution in [2.45, 2.75) is 45.2 Å². The molecule has 2 fully saturated rings. The first kappa shape index (κ1) is 23.8. The average Bonchev–Trinajstić information content (AvgIpc) is 2.81. The zero-order chi connectivity index (χ0) is 21.7. The van der Waals surface area contributed by atoms with Gasteiger partial charge in [0.15, 0.2) is 5.96 Å². The largest absolute Gasteiger partial charge is 0.492 e. The van der Waals surface area contributed by atoms with Gasteiger partial charge in [0.1, 0.15) is 12.4 Å². The minimum atomic E-state index is 0.691. The molecule has 2 aliphatic rings. The van der Waals surface area contributed by atoms with Crippen molar-refractivity contribution in [3.63, 3.8) is 0 Å². The van der Waals surface area contributed by atoms with Crippen LogP contribution in [0.5, 0.6) is 5.75 Å². The quantitative estimate of drug-likeness (QED) is 0.337. The van der Waals surface area contributed by atoms with E-state index < -0.39 is 0 Å². The predicted molar refractivity (Wildman–Crippen MR) is 127 cm³/mol. The molecule has 31 heavy (non-hydrogen) atoms. The lowest BCUT2D eigenvalue weighted by atomic mass is 10.0. The Kier molecular flexibility index (Phi) is 10.4. The monoisotopic (exact) mass is 431 g/mol. The van der Waals surface area contributed by atoms with E-state index in [2.05, 4.69) is 44.5 Å². The Hall–Kier alpha value is -1.83. The van der Waals surface area contributed by atoms with Crippen molar-refractivity contribution in [3.8, 4) is 5.75 Å². The van der Waals surface area contributed by atoms with Crippen LogP contribution < -0.4 is 15.4 Å². The number of likely N-dealkylation sites (tertiary alicyclic amines) is 1. The van der Waals surface area contributed by atoms with Crippen LogP contribution >= 0.6 is 0 Å². The van der Waals surface area contributed by atoms with Crippen LogP contribution in [0.15, 0.2) is 29.3 Å². The molecule has 7 nitrogen and oxygen atoms in total. The highest BCUT2D eigenvalue weighted by Gasteiger charge is 2.17. The molecule has 174 valence electrons. The predicted octanol–water partition coefficient (Wildman–Crippen LogP) is 2.33. The van der Waals surface area contributed by atoms with Crippen molar-refractivity contribution < 1.29 is 9.47 Å². The van der Waals surface area contributed by atoms with Crippen LogP contribution in [0.2, 0.25) is 0 Å². The molecule has 1 aromatic carbocycles. The Morgan fingerprint density at radius 2 is 1.97 bits per heavy atom. The summed E-state index contributed by atoms with van der Waals surface area (Å²) in [6, 6.07) is 8.98. The van der Waals surface area contributed by atoms with Crippen LogP contribution in [0.3, 0.4) is 0 Å². The van der Waals surface area contributed by atoms with Gasteiger partial charge in [0.2, 0.25) is 0 Å². The third kappa shape index (κ3) is 8.31. The van der Waals surface area contributed by atoms with Gasteiger partial charge in [-0.25, -0.2) is 0 Å². The molecule has 0 spiro atoms. The number of hydrogen-bond donors (Lipinski definition) is 2. The van der Waals surface area contributed by atoms with Crippen molar-refractivity contribution >= 4 is 5.96 Å². The maximum absolute atomic E-state index is 6.09. The fourth-order valence-corrected chi connectivity index (χ4v) is 4.28. The number of rotatable bonds is 10. The van der Waals surface area contributed by atoms with E-state index in [1.807, 2.05) is 19.2 Å². The maximum atomic E-state index is 6.09. The Balaban J connectivity index is 1.36. The highest BCUT2D eigenvalue weighted by Crippen LogP contribution is 2.18. The number of benzene rings is 1. The number of para-hydroxylation sites is 1. The summed E-state index contributed by atoms with van der Waals surface area (Å²) in [5.74, 6) is 1.78. The first-order valence-electron chi connectivity index (χ1n) is 12.0. The number of aliphatic imine (C=N–C) groups is 1. The summed E-state index contributed by atoms with van der Waals surface area (Å²) in [7, 11) is 1.83. The zero-order valence-electron chi connectivity index (χ0n) is 19.4. The Morgan fingerprint density at radius 3 is 2.77 bits per heavy atom. The summed E-state index contributed by atoms with van der Waals surface area (Å²) in [4.78, 5) is 9.38. The minimum Gasteiger partial charge on any atom is -0.492 e. The second kappa shape index (κ2) is 13.6. The van der Waals surface area contributed by atoms with E-state index in [0.29, 0.717) is 13.2 Å². The second-order valence-electron chi connectivity index (χ2n) is 8.50. The number of morpholine rings is 1. The molecular weight excluding hydrogens is 390 g/mol. The van der Waals surface area contributed by atoms with Gasteiger partial charge in [-0.1, -0.05) is 24.6 Å². The Labute approximate surface area is 188 Å². The molecule has 0 amide bonds. The van der Waals surface area contributed by atoms with E-state index in [1.54, 1.807) is 0 Å². The molecule has 0 aromatic heterocycles. The highest BCUT2D eigenvalue weighted by molar-refractivity contribution is 5.79. The van der Waals surface area contributed by atoms with Crippen molar-refractivity contribution in [1.29, 1.82) is 0 Å². The van der Waals surface area contributed by atoms with E-state index in [4.69, 9.17) is 9.47 Å². The van der Waals surface area contributed by atoms with E-state index in [9.17, 15) is 0 Å². The highest BCUT2D eigenvalue weighted by atomic mass is 16.5. The van der Waals surface area contributed by atoms with Crippen molar-refractivity contribution in [2.75, 3.05) is 66.1 Å². The van der Waals surface area contributed by atoms with Crippen LogP contribution in [0.25, 0.3) is 0 Å². The van der Waals surface area contributed by atoms with Crippen molar-refractivity contribution in [1.82, 2.24) is 20.4 Å². The number of guanidine groups is 1. The Morgan fingerprint density at radius 1 is 1.13 bits per heavy atom.